The number of rotatable bonds is 7. The second-order valence-corrected chi connectivity index (χ2v) is 8.00. The second kappa shape index (κ2) is 16.0. The number of hydrazone groups is 1. The number of ketones is 2. The number of nitrogen functional groups attached to an aromatic ring is 1. The summed E-state index contributed by atoms with van der Waals surface area (Å²) >= 11 is 0. The van der Waals surface area contributed by atoms with E-state index in [9.17, 15) is 23.2 Å². The van der Waals surface area contributed by atoms with E-state index >= 15 is 0 Å². The number of nitrogens with one attached hydrogen (secondary N) is 2. The van der Waals surface area contributed by atoms with Gasteiger partial charge in [0.2, 0.25) is 0 Å². The molecule has 0 saturated heterocycles. The zero-order valence-corrected chi connectivity index (χ0v) is 21.4. The van der Waals surface area contributed by atoms with Crippen molar-refractivity contribution in [1.29, 1.82) is 0 Å². The molecule has 4 aromatic carbocycles. The van der Waals surface area contributed by atoms with Crippen LogP contribution < -0.4 is 16.7 Å². The van der Waals surface area contributed by atoms with E-state index in [1.807, 2.05) is 0 Å². The first-order chi connectivity index (χ1) is 18.7. The monoisotopic (exact) mass is 530 g/mol. The third kappa shape index (κ3) is 11.3. The van der Waals surface area contributed by atoms with E-state index in [0.29, 0.717) is 23.0 Å². The van der Waals surface area contributed by atoms with Crippen molar-refractivity contribution in [2.24, 2.45) is 10.9 Å². The highest BCUT2D eigenvalue weighted by molar-refractivity contribution is 5.94. The Morgan fingerprint density at radius 3 is 1.46 bits per heavy atom. The average Bonchev–Trinajstić information content (AvgIpc) is 2.95. The minimum atomic E-state index is -0.319. The van der Waals surface area contributed by atoms with Gasteiger partial charge >= 0.3 is 0 Å². The number of aldehydes is 1. The fourth-order valence-electron chi connectivity index (χ4n) is 2.85. The predicted molar refractivity (Wildman–Crippen MR) is 150 cm³/mol. The van der Waals surface area contributed by atoms with Crippen molar-refractivity contribution in [3.63, 3.8) is 0 Å². The summed E-state index contributed by atoms with van der Waals surface area (Å²) in [5, 5.41) is 4.03. The zero-order chi connectivity index (χ0) is 28.6. The Morgan fingerprint density at radius 2 is 1.08 bits per heavy atom. The lowest BCUT2D eigenvalue weighted by molar-refractivity contribution is 0.100. The number of hydrazine groups is 1. The van der Waals surface area contributed by atoms with Crippen molar-refractivity contribution >= 4 is 35.4 Å². The van der Waals surface area contributed by atoms with Crippen LogP contribution in [-0.4, -0.2) is 24.1 Å². The van der Waals surface area contributed by atoms with Crippen LogP contribution in [0, 0.1) is 11.6 Å². The molecule has 9 heteroatoms. The summed E-state index contributed by atoms with van der Waals surface area (Å²) in [7, 11) is 0. The summed E-state index contributed by atoms with van der Waals surface area (Å²) in [4.78, 5) is 31.9. The smallest absolute Gasteiger partial charge is 0.159 e. The Labute approximate surface area is 225 Å². The highest BCUT2D eigenvalue weighted by atomic mass is 19.1. The molecule has 0 heterocycles. The molecule has 0 saturated carbocycles. The largest absolute Gasteiger partial charge is 0.324 e. The number of halogens is 2. The second-order valence-electron chi connectivity index (χ2n) is 8.00. The maximum absolute atomic E-state index is 12.7. The number of carbonyl (C=O) groups is 3. The normalized spacial score (nSPS) is 9.87. The van der Waals surface area contributed by atoms with Crippen molar-refractivity contribution in [2.75, 3.05) is 10.9 Å². The molecule has 0 aliphatic heterocycles. The molecule has 0 bridgehead atoms. The quantitative estimate of drug-likeness (QED) is 0.0851. The molecule has 0 unspecified atom stereocenters. The van der Waals surface area contributed by atoms with Crippen LogP contribution in [0.3, 0.4) is 0 Å². The summed E-state index contributed by atoms with van der Waals surface area (Å²) in [6.45, 7) is 3.06. The van der Waals surface area contributed by atoms with Gasteiger partial charge in [-0.1, -0.05) is 12.1 Å². The number of benzene rings is 4. The minimum absolute atomic E-state index is 0.0290. The van der Waals surface area contributed by atoms with Crippen LogP contribution in [0.1, 0.15) is 50.5 Å². The lowest BCUT2D eigenvalue weighted by Crippen LogP contribution is -2.06. The van der Waals surface area contributed by atoms with Gasteiger partial charge in [-0.05, 0) is 104 Å². The molecule has 0 aromatic heterocycles. The van der Waals surface area contributed by atoms with Crippen molar-refractivity contribution in [2.45, 2.75) is 13.8 Å². The highest BCUT2D eigenvalue weighted by Gasteiger charge is 1.98. The Kier molecular flexibility index (Phi) is 12.4. The summed E-state index contributed by atoms with van der Waals surface area (Å²) in [5.74, 6) is 4.64. The van der Waals surface area contributed by atoms with Gasteiger partial charge in [-0.25, -0.2) is 8.78 Å². The van der Waals surface area contributed by atoms with Crippen LogP contribution >= 0.6 is 0 Å². The number of hydrogen-bond acceptors (Lipinski definition) is 7. The SMILES string of the molecule is CC(=O)c1ccc(N/N=C/c2ccc(F)cc2)cc1.CC(=O)c1ccc(NN)cc1.O=Cc1ccc(F)cc1. The number of Topliss-reactive ketones (excluding diaryl/α,β-unsaturated/α-hetero) is 2. The fourth-order valence-corrected chi connectivity index (χ4v) is 2.85. The molecule has 0 aliphatic rings. The molecule has 4 N–H and O–H groups in total. The summed E-state index contributed by atoms with van der Waals surface area (Å²) in [6, 6.07) is 25.4. The standard InChI is InChI=1S/C15H13FN2O.C8H10N2O.C7H5FO/c1-11(19)13-4-8-15(9-5-13)18-17-10-12-2-6-14(16)7-3-12;1-6(11)7-2-4-8(10-9)5-3-7;8-7-3-1-6(5-9)2-4-7/h2-10,18H,1H3;2-5,10H,9H2,1H3;1-5H/b17-10+;;. The van der Waals surface area contributed by atoms with Crippen LogP contribution in [-0.2, 0) is 0 Å². The van der Waals surface area contributed by atoms with Gasteiger partial charge in [0.1, 0.15) is 17.9 Å². The number of nitrogens with two attached hydrogens (primary N) is 1. The van der Waals surface area contributed by atoms with Gasteiger partial charge in [-0.2, -0.15) is 5.10 Å². The Hall–Kier alpha value is -5.02. The van der Waals surface area contributed by atoms with Crippen LogP contribution in [0.5, 0.6) is 0 Å². The third-order valence-electron chi connectivity index (χ3n) is 5.03. The van der Waals surface area contributed by atoms with Crippen molar-refractivity contribution < 1.29 is 23.2 Å². The van der Waals surface area contributed by atoms with Gasteiger partial charge in [-0.15, -0.1) is 0 Å². The molecule has 0 spiro atoms. The van der Waals surface area contributed by atoms with Crippen LogP contribution in [0.15, 0.2) is 102 Å². The number of carbonyl (C=O) groups excluding carboxylic acids is 3. The van der Waals surface area contributed by atoms with Gasteiger partial charge in [0.25, 0.3) is 0 Å². The lowest BCUT2D eigenvalue weighted by Gasteiger charge is -2.01. The minimum Gasteiger partial charge on any atom is -0.324 e. The molecule has 0 amide bonds. The van der Waals surface area contributed by atoms with Crippen LogP contribution in [0.4, 0.5) is 20.2 Å². The first-order valence-corrected chi connectivity index (χ1v) is 11.7. The Balaban J connectivity index is 0.000000226. The molecule has 4 rings (SSSR count). The lowest BCUT2D eigenvalue weighted by atomic mass is 10.1. The Morgan fingerprint density at radius 1 is 0.667 bits per heavy atom. The van der Waals surface area contributed by atoms with E-state index in [1.165, 1.54) is 50.2 Å². The first-order valence-electron chi connectivity index (χ1n) is 11.7. The van der Waals surface area contributed by atoms with Gasteiger partial charge in [0, 0.05) is 22.4 Å². The van der Waals surface area contributed by atoms with Crippen LogP contribution in [0.25, 0.3) is 0 Å². The van der Waals surface area contributed by atoms with E-state index in [0.717, 1.165) is 16.9 Å². The Bertz CT molecular complexity index is 1370. The van der Waals surface area contributed by atoms with E-state index < -0.39 is 0 Å². The zero-order valence-electron chi connectivity index (χ0n) is 21.4. The molecule has 200 valence electrons. The predicted octanol–water partition coefficient (Wildman–Crippen LogP) is 6.29. The molecule has 0 radical (unpaired) electrons. The molecule has 7 nitrogen and oxygen atoms in total. The average molecular weight is 531 g/mol. The van der Waals surface area contributed by atoms with E-state index in [2.05, 4.69) is 16.0 Å². The van der Waals surface area contributed by atoms with E-state index in [1.54, 1.807) is 66.9 Å². The first kappa shape index (κ1) is 30.2. The van der Waals surface area contributed by atoms with Crippen LogP contribution in [0.2, 0.25) is 0 Å². The van der Waals surface area contributed by atoms with E-state index in [-0.39, 0.29) is 23.2 Å². The summed E-state index contributed by atoms with van der Waals surface area (Å²) in [5.41, 5.74) is 9.56. The highest BCUT2D eigenvalue weighted by Crippen LogP contribution is 2.10. The van der Waals surface area contributed by atoms with Crippen molar-refractivity contribution in [3.05, 3.63) is 131 Å². The summed E-state index contributed by atoms with van der Waals surface area (Å²) in [6.07, 6.45) is 2.28. The molecular weight excluding hydrogens is 502 g/mol. The number of hydrogen-bond donors (Lipinski definition) is 3. The number of nitrogens with zero attached hydrogens (tertiary/aromatic N) is 1. The van der Waals surface area contributed by atoms with Crippen molar-refractivity contribution in [1.82, 2.24) is 0 Å². The summed E-state index contributed by atoms with van der Waals surface area (Å²) < 4.78 is 24.8. The topological polar surface area (TPSA) is 114 Å². The van der Waals surface area contributed by atoms with Gasteiger partial charge in [0.05, 0.1) is 11.9 Å². The van der Waals surface area contributed by atoms with Gasteiger partial charge in [0.15, 0.2) is 11.6 Å². The molecular formula is C30H28F2N4O3. The number of anilines is 2. The maximum Gasteiger partial charge on any atom is 0.159 e. The third-order valence-corrected chi connectivity index (χ3v) is 5.03. The molecule has 4 aromatic rings. The molecule has 0 atom stereocenters. The molecule has 0 aliphatic carbocycles. The van der Waals surface area contributed by atoms with Gasteiger partial charge < -0.3 is 5.43 Å². The van der Waals surface area contributed by atoms with E-state index in [4.69, 9.17) is 5.84 Å². The maximum atomic E-state index is 12.7. The fraction of sp³-hybridized carbons (Fsp3) is 0.0667. The molecule has 0 fully saturated rings. The van der Waals surface area contributed by atoms with Crippen molar-refractivity contribution in [3.8, 4) is 0 Å². The molecule has 39 heavy (non-hydrogen) atoms. The van der Waals surface area contributed by atoms with Gasteiger partial charge in [-0.3, -0.25) is 25.7 Å².